The van der Waals surface area contributed by atoms with Crippen LogP contribution in [0.2, 0.25) is 0 Å². The molecule has 0 spiro atoms. The summed E-state index contributed by atoms with van der Waals surface area (Å²) in [6, 6.07) is 0. The van der Waals surface area contributed by atoms with Crippen molar-refractivity contribution in [3.05, 3.63) is 15.6 Å². The molecule has 1 aromatic heterocycles. The molecular formula is C13H22N2O2S. The van der Waals surface area contributed by atoms with Gasteiger partial charge in [-0.05, 0) is 25.9 Å². The third-order valence-electron chi connectivity index (χ3n) is 2.98. The minimum absolute atomic E-state index is 0.194. The van der Waals surface area contributed by atoms with E-state index in [2.05, 4.69) is 30.7 Å². The molecule has 0 aromatic carbocycles. The predicted octanol–water partition coefficient (Wildman–Crippen LogP) is 2.56. The highest BCUT2D eigenvalue weighted by Crippen LogP contribution is 2.22. The van der Waals surface area contributed by atoms with E-state index in [-0.39, 0.29) is 6.42 Å². The molecular weight excluding hydrogens is 248 g/mol. The minimum Gasteiger partial charge on any atom is -0.481 e. The molecule has 0 unspecified atom stereocenters. The number of rotatable bonds is 8. The molecule has 0 aliphatic heterocycles. The van der Waals surface area contributed by atoms with Crippen molar-refractivity contribution >= 4 is 17.3 Å². The fraction of sp³-hybridized carbons (Fsp3) is 0.692. The van der Waals surface area contributed by atoms with Crippen LogP contribution >= 0.6 is 11.3 Å². The molecule has 1 aromatic rings. The van der Waals surface area contributed by atoms with Gasteiger partial charge in [-0.2, -0.15) is 0 Å². The number of aliphatic carboxylic acids is 1. The Balaban J connectivity index is 2.73. The zero-order chi connectivity index (χ0) is 13.5. The number of aryl methyl sites for hydroxylation is 2. The van der Waals surface area contributed by atoms with E-state index in [0.29, 0.717) is 6.42 Å². The fourth-order valence-corrected chi connectivity index (χ4v) is 3.03. The summed E-state index contributed by atoms with van der Waals surface area (Å²) >= 11 is 1.67. The maximum atomic E-state index is 10.6. The van der Waals surface area contributed by atoms with E-state index in [9.17, 15) is 4.79 Å². The van der Waals surface area contributed by atoms with Crippen LogP contribution in [0.5, 0.6) is 0 Å². The molecule has 18 heavy (non-hydrogen) atoms. The van der Waals surface area contributed by atoms with Crippen LogP contribution in [0.3, 0.4) is 0 Å². The molecule has 0 atom stereocenters. The number of thiazole rings is 1. The Morgan fingerprint density at radius 3 is 2.50 bits per heavy atom. The summed E-state index contributed by atoms with van der Waals surface area (Å²) in [5.41, 5.74) is 1.07. The molecule has 0 radical (unpaired) electrons. The van der Waals surface area contributed by atoms with E-state index >= 15 is 0 Å². The molecule has 0 aliphatic rings. The Morgan fingerprint density at radius 1 is 1.33 bits per heavy atom. The summed E-state index contributed by atoms with van der Waals surface area (Å²) in [4.78, 5) is 18.7. The normalized spacial score (nSPS) is 11.1. The molecule has 5 heteroatoms. The highest BCUT2D eigenvalue weighted by molar-refractivity contribution is 7.11. The number of hydrogen-bond acceptors (Lipinski definition) is 4. The summed E-state index contributed by atoms with van der Waals surface area (Å²) in [7, 11) is 0. The Bertz CT molecular complexity index is 386. The van der Waals surface area contributed by atoms with E-state index in [1.54, 1.807) is 11.3 Å². The minimum atomic E-state index is -0.740. The van der Waals surface area contributed by atoms with Gasteiger partial charge in [0.25, 0.3) is 0 Å². The monoisotopic (exact) mass is 270 g/mol. The smallest absolute Gasteiger partial charge is 0.303 e. The van der Waals surface area contributed by atoms with Crippen LogP contribution < -0.4 is 0 Å². The molecule has 102 valence electrons. The Morgan fingerprint density at radius 2 is 2.00 bits per heavy atom. The molecule has 0 amide bonds. The second kappa shape index (κ2) is 7.48. The van der Waals surface area contributed by atoms with Gasteiger partial charge in [0.15, 0.2) is 0 Å². The molecule has 0 aliphatic carbocycles. The highest BCUT2D eigenvalue weighted by Gasteiger charge is 2.12. The van der Waals surface area contributed by atoms with E-state index in [1.807, 2.05) is 0 Å². The Kier molecular flexibility index (Phi) is 6.29. The number of carbonyl (C=O) groups is 1. The van der Waals surface area contributed by atoms with Crippen molar-refractivity contribution in [1.29, 1.82) is 0 Å². The molecule has 1 heterocycles. The lowest BCUT2D eigenvalue weighted by Gasteiger charge is -2.15. The molecule has 0 saturated heterocycles. The largest absolute Gasteiger partial charge is 0.481 e. The highest BCUT2D eigenvalue weighted by atomic mass is 32.1. The summed E-state index contributed by atoms with van der Waals surface area (Å²) < 4.78 is 0. The third-order valence-corrected chi connectivity index (χ3v) is 4.12. The molecule has 1 N–H and O–H groups in total. The first-order valence-electron chi connectivity index (χ1n) is 6.52. The summed E-state index contributed by atoms with van der Waals surface area (Å²) in [6.45, 7) is 9.26. The zero-order valence-corrected chi connectivity index (χ0v) is 12.2. The Hall–Kier alpha value is -0.940. The second-order valence-electron chi connectivity index (χ2n) is 4.19. The van der Waals surface area contributed by atoms with Crippen LogP contribution in [0.4, 0.5) is 0 Å². The van der Waals surface area contributed by atoms with Crippen molar-refractivity contribution < 1.29 is 9.90 Å². The van der Waals surface area contributed by atoms with Gasteiger partial charge in [0.2, 0.25) is 0 Å². The quantitative estimate of drug-likeness (QED) is 0.789. The molecule has 0 fully saturated rings. The first-order chi connectivity index (χ1) is 8.60. The standard InChI is InChI=1S/C13H22N2O2S/c1-4-10-11(7-8-13(16)17)18-12(14-10)9-15(5-2)6-3/h4-9H2,1-3H3,(H,16,17). The van der Waals surface area contributed by atoms with Gasteiger partial charge in [-0.1, -0.05) is 20.8 Å². The van der Waals surface area contributed by atoms with Crippen molar-refractivity contribution in [1.82, 2.24) is 9.88 Å². The van der Waals surface area contributed by atoms with E-state index in [1.165, 1.54) is 0 Å². The predicted molar refractivity (Wildman–Crippen MR) is 74.1 cm³/mol. The van der Waals surface area contributed by atoms with E-state index in [4.69, 9.17) is 5.11 Å². The Labute approximate surface area is 113 Å². The SMILES string of the molecule is CCc1nc(CN(CC)CC)sc1CCC(=O)O. The zero-order valence-electron chi connectivity index (χ0n) is 11.4. The van der Waals surface area contributed by atoms with Crippen molar-refractivity contribution in [3.63, 3.8) is 0 Å². The molecule has 0 bridgehead atoms. The van der Waals surface area contributed by atoms with E-state index in [0.717, 1.165) is 41.6 Å². The first-order valence-corrected chi connectivity index (χ1v) is 7.33. The van der Waals surface area contributed by atoms with Crippen molar-refractivity contribution in [2.75, 3.05) is 13.1 Å². The lowest BCUT2D eigenvalue weighted by Crippen LogP contribution is -2.21. The number of carboxylic acids is 1. The first kappa shape index (κ1) is 15.1. The van der Waals surface area contributed by atoms with Gasteiger partial charge in [0, 0.05) is 4.88 Å². The van der Waals surface area contributed by atoms with E-state index < -0.39 is 5.97 Å². The van der Waals surface area contributed by atoms with Crippen LogP contribution in [-0.4, -0.2) is 34.0 Å². The fourth-order valence-electron chi connectivity index (χ4n) is 1.83. The second-order valence-corrected chi connectivity index (χ2v) is 5.35. The van der Waals surface area contributed by atoms with Gasteiger partial charge in [-0.3, -0.25) is 9.69 Å². The van der Waals surface area contributed by atoms with Gasteiger partial charge in [0.1, 0.15) is 5.01 Å². The molecule has 1 rings (SSSR count). The average molecular weight is 270 g/mol. The number of carboxylic acid groups (broad SMARTS) is 1. The van der Waals surface area contributed by atoms with Crippen LogP contribution in [0.1, 0.15) is 42.8 Å². The molecule has 4 nitrogen and oxygen atoms in total. The summed E-state index contributed by atoms with van der Waals surface area (Å²) in [6.07, 6.45) is 1.68. The number of nitrogens with zero attached hydrogens (tertiary/aromatic N) is 2. The van der Waals surface area contributed by atoms with Crippen molar-refractivity contribution in [2.24, 2.45) is 0 Å². The summed E-state index contributed by atoms with van der Waals surface area (Å²) in [5.74, 6) is -0.740. The maximum absolute atomic E-state index is 10.6. The van der Waals surface area contributed by atoms with Gasteiger partial charge in [-0.25, -0.2) is 4.98 Å². The van der Waals surface area contributed by atoms with Gasteiger partial charge in [-0.15, -0.1) is 11.3 Å². The van der Waals surface area contributed by atoms with Crippen molar-refractivity contribution in [3.8, 4) is 0 Å². The summed E-state index contributed by atoms with van der Waals surface area (Å²) in [5, 5.41) is 9.85. The van der Waals surface area contributed by atoms with Crippen LogP contribution in [0, 0.1) is 0 Å². The maximum Gasteiger partial charge on any atom is 0.303 e. The lowest BCUT2D eigenvalue weighted by atomic mass is 10.2. The number of hydrogen-bond donors (Lipinski definition) is 1. The van der Waals surface area contributed by atoms with Gasteiger partial charge < -0.3 is 5.11 Å². The van der Waals surface area contributed by atoms with Crippen LogP contribution in [0.15, 0.2) is 0 Å². The average Bonchev–Trinajstić information content (AvgIpc) is 2.75. The van der Waals surface area contributed by atoms with Crippen LogP contribution in [-0.2, 0) is 24.2 Å². The topological polar surface area (TPSA) is 53.4 Å². The molecule has 0 saturated carbocycles. The van der Waals surface area contributed by atoms with Gasteiger partial charge >= 0.3 is 5.97 Å². The third kappa shape index (κ3) is 4.38. The lowest BCUT2D eigenvalue weighted by molar-refractivity contribution is -0.136. The number of aromatic nitrogens is 1. The van der Waals surface area contributed by atoms with Gasteiger partial charge in [0.05, 0.1) is 18.7 Å². The van der Waals surface area contributed by atoms with Crippen LogP contribution in [0.25, 0.3) is 0 Å². The van der Waals surface area contributed by atoms with Crippen molar-refractivity contribution in [2.45, 2.75) is 46.6 Å².